The van der Waals surface area contributed by atoms with Gasteiger partial charge >= 0.3 is 4.87 Å². The third kappa shape index (κ3) is 4.23. The number of amides is 3. The number of piperidine rings is 1. The van der Waals surface area contributed by atoms with Crippen molar-refractivity contribution in [2.75, 3.05) is 18.0 Å². The standard InChI is InChI=1S/C27H24ClN3O4S2/c28-17-9-11-18(12-10-17)31-24(33)21-20(16-7-3-1-4-8-16)23-26(36-22(21)25(31)34)30(27(35)37-23)15-19(32)29-13-5-2-6-14-29/h1,3-4,7-12,20-22H,2,5-6,13-15H2/t20-,21?,22?/m0/s1. The lowest BCUT2D eigenvalue weighted by atomic mass is 9.83. The number of carbonyl (C=O) groups excluding carboxylic acids is 3. The summed E-state index contributed by atoms with van der Waals surface area (Å²) in [5, 5.41) is 0.433. The predicted octanol–water partition coefficient (Wildman–Crippen LogP) is 4.37. The number of carbonyl (C=O) groups is 3. The van der Waals surface area contributed by atoms with Gasteiger partial charge in [0.2, 0.25) is 17.7 Å². The minimum Gasteiger partial charge on any atom is -0.341 e. The van der Waals surface area contributed by atoms with E-state index in [9.17, 15) is 19.2 Å². The number of thiazole rings is 1. The lowest BCUT2D eigenvalue weighted by molar-refractivity contribution is -0.133. The first kappa shape index (κ1) is 24.5. The Morgan fingerprint density at radius 3 is 2.32 bits per heavy atom. The number of aromatic nitrogens is 1. The highest BCUT2D eigenvalue weighted by Gasteiger charge is 2.56. The fraction of sp³-hybridized carbons (Fsp3) is 0.333. The van der Waals surface area contributed by atoms with Crippen LogP contribution in [0.2, 0.25) is 5.02 Å². The molecule has 2 aromatic carbocycles. The molecule has 2 saturated heterocycles. The maximum Gasteiger partial charge on any atom is 0.308 e. The van der Waals surface area contributed by atoms with Crippen molar-refractivity contribution in [2.45, 2.75) is 42.0 Å². The summed E-state index contributed by atoms with van der Waals surface area (Å²) >= 11 is 8.35. The Morgan fingerprint density at radius 2 is 1.62 bits per heavy atom. The van der Waals surface area contributed by atoms with E-state index >= 15 is 0 Å². The number of hydrogen-bond donors (Lipinski definition) is 0. The summed E-state index contributed by atoms with van der Waals surface area (Å²) in [5.41, 5.74) is 1.34. The van der Waals surface area contributed by atoms with Gasteiger partial charge in [0.1, 0.15) is 11.8 Å². The summed E-state index contributed by atoms with van der Waals surface area (Å²) in [6.07, 6.45) is 3.04. The first-order chi connectivity index (χ1) is 17.9. The highest BCUT2D eigenvalue weighted by molar-refractivity contribution is 8.00. The third-order valence-electron chi connectivity index (χ3n) is 7.29. The van der Waals surface area contributed by atoms with E-state index in [2.05, 4.69) is 0 Å². The number of thioether (sulfide) groups is 1. The number of fused-ring (bicyclic) bond motifs is 2. The zero-order valence-electron chi connectivity index (χ0n) is 19.8. The SMILES string of the molecule is O=C(Cn1c2c(sc1=O)[C@@H](c1ccccc1)C1C(=O)N(c3ccc(Cl)cc3)C(=O)C1S2)N1CCCCC1. The van der Waals surface area contributed by atoms with Crippen LogP contribution in [0.1, 0.15) is 35.6 Å². The molecule has 37 heavy (non-hydrogen) atoms. The maximum atomic E-state index is 13.8. The molecule has 0 bridgehead atoms. The molecule has 3 aromatic rings. The van der Waals surface area contributed by atoms with E-state index in [1.807, 2.05) is 35.2 Å². The second kappa shape index (κ2) is 9.78. The number of likely N-dealkylation sites (tertiary alicyclic amines) is 1. The smallest absolute Gasteiger partial charge is 0.308 e. The molecule has 190 valence electrons. The largest absolute Gasteiger partial charge is 0.341 e. The number of anilines is 1. The molecule has 0 N–H and O–H groups in total. The van der Waals surface area contributed by atoms with E-state index in [-0.39, 0.29) is 29.1 Å². The van der Waals surface area contributed by atoms with Crippen molar-refractivity contribution in [3.05, 3.63) is 79.7 Å². The molecule has 0 spiro atoms. The quantitative estimate of drug-likeness (QED) is 0.448. The van der Waals surface area contributed by atoms with Crippen LogP contribution in [0.4, 0.5) is 5.69 Å². The van der Waals surface area contributed by atoms with Crippen LogP contribution in [0, 0.1) is 5.92 Å². The predicted molar refractivity (Wildman–Crippen MR) is 144 cm³/mol. The first-order valence-electron chi connectivity index (χ1n) is 12.3. The molecule has 7 nitrogen and oxygen atoms in total. The fourth-order valence-corrected chi connectivity index (χ4v) is 8.40. The molecule has 1 aromatic heterocycles. The van der Waals surface area contributed by atoms with E-state index in [1.165, 1.54) is 21.2 Å². The van der Waals surface area contributed by atoms with Crippen LogP contribution in [0.5, 0.6) is 0 Å². The van der Waals surface area contributed by atoms with Gasteiger partial charge in [0, 0.05) is 28.9 Å². The van der Waals surface area contributed by atoms with Gasteiger partial charge in [-0.15, -0.1) is 0 Å². The van der Waals surface area contributed by atoms with Gasteiger partial charge in [-0.3, -0.25) is 23.7 Å². The molecule has 3 amide bonds. The molecular weight excluding hydrogens is 530 g/mol. The Labute approximate surface area is 227 Å². The van der Waals surface area contributed by atoms with Gasteiger partial charge in [0.15, 0.2) is 0 Å². The number of halogens is 1. The molecule has 2 fully saturated rings. The van der Waals surface area contributed by atoms with Crippen molar-refractivity contribution in [1.82, 2.24) is 9.47 Å². The van der Waals surface area contributed by atoms with Crippen LogP contribution >= 0.6 is 34.7 Å². The summed E-state index contributed by atoms with van der Waals surface area (Å²) in [6, 6.07) is 16.2. The summed E-state index contributed by atoms with van der Waals surface area (Å²) < 4.78 is 1.51. The minimum absolute atomic E-state index is 0.0560. The molecule has 3 aliphatic heterocycles. The lowest BCUT2D eigenvalue weighted by Gasteiger charge is -2.31. The van der Waals surface area contributed by atoms with Gasteiger partial charge in [-0.05, 0) is 49.1 Å². The highest BCUT2D eigenvalue weighted by Crippen LogP contribution is 2.53. The van der Waals surface area contributed by atoms with Gasteiger partial charge in [-0.25, -0.2) is 4.90 Å². The zero-order chi connectivity index (χ0) is 25.7. The van der Waals surface area contributed by atoms with Crippen molar-refractivity contribution < 1.29 is 14.4 Å². The number of nitrogens with zero attached hydrogens (tertiary/aromatic N) is 3. The zero-order valence-corrected chi connectivity index (χ0v) is 22.2. The first-order valence-corrected chi connectivity index (χ1v) is 14.4. The number of imide groups is 1. The van der Waals surface area contributed by atoms with Crippen LogP contribution in [0.15, 0.2) is 64.4 Å². The fourth-order valence-electron chi connectivity index (χ4n) is 5.50. The Balaban J connectivity index is 1.42. The normalized spacial score (nSPS) is 23.2. The highest BCUT2D eigenvalue weighted by atomic mass is 35.5. The Morgan fingerprint density at radius 1 is 0.919 bits per heavy atom. The third-order valence-corrected chi connectivity index (χ3v) is 10.2. The van der Waals surface area contributed by atoms with Gasteiger partial charge in [0.25, 0.3) is 0 Å². The van der Waals surface area contributed by atoms with Gasteiger partial charge in [-0.2, -0.15) is 0 Å². The van der Waals surface area contributed by atoms with Crippen molar-refractivity contribution in [1.29, 1.82) is 0 Å². The Hall–Kier alpha value is -2.88. The van der Waals surface area contributed by atoms with Crippen molar-refractivity contribution in [3.63, 3.8) is 0 Å². The molecule has 4 heterocycles. The average molecular weight is 554 g/mol. The van der Waals surface area contributed by atoms with Crippen LogP contribution < -0.4 is 9.77 Å². The average Bonchev–Trinajstić information content (AvgIpc) is 3.36. The summed E-state index contributed by atoms with van der Waals surface area (Å²) in [7, 11) is 0. The number of rotatable bonds is 4. The molecule has 2 unspecified atom stereocenters. The van der Waals surface area contributed by atoms with Gasteiger partial charge < -0.3 is 4.90 Å². The number of hydrogen-bond acceptors (Lipinski definition) is 6. The lowest BCUT2D eigenvalue weighted by Crippen LogP contribution is -2.39. The summed E-state index contributed by atoms with van der Waals surface area (Å²) in [5.74, 6) is -1.81. The monoisotopic (exact) mass is 553 g/mol. The molecule has 0 aliphatic carbocycles. The minimum atomic E-state index is -0.703. The molecular formula is C27H24ClN3O4S2. The second-order valence-electron chi connectivity index (χ2n) is 9.51. The van der Waals surface area contributed by atoms with E-state index < -0.39 is 17.1 Å². The van der Waals surface area contributed by atoms with Crippen molar-refractivity contribution in [3.8, 4) is 0 Å². The van der Waals surface area contributed by atoms with E-state index in [4.69, 9.17) is 11.6 Å². The van der Waals surface area contributed by atoms with E-state index in [1.54, 1.807) is 24.3 Å². The van der Waals surface area contributed by atoms with Crippen LogP contribution in [0.25, 0.3) is 0 Å². The summed E-state index contributed by atoms with van der Waals surface area (Å²) in [6.45, 7) is 1.35. The summed E-state index contributed by atoms with van der Waals surface area (Å²) in [4.78, 5) is 57.4. The van der Waals surface area contributed by atoms with E-state index in [0.29, 0.717) is 28.8 Å². The second-order valence-corrected chi connectivity index (χ2v) is 12.1. The topological polar surface area (TPSA) is 79.7 Å². The molecule has 3 aliphatic rings. The van der Waals surface area contributed by atoms with Crippen molar-refractivity contribution >= 4 is 58.1 Å². The van der Waals surface area contributed by atoms with E-state index in [0.717, 1.165) is 41.0 Å². The van der Waals surface area contributed by atoms with Gasteiger partial charge in [0.05, 0.1) is 16.6 Å². The van der Waals surface area contributed by atoms with Crippen LogP contribution in [0.3, 0.4) is 0 Å². The maximum absolute atomic E-state index is 13.8. The molecule has 3 atom stereocenters. The van der Waals surface area contributed by atoms with Crippen LogP contribution in [-0.2, 0) is 20.9 Å². The Kier molecular flexibility index (Phi) is 6.46. The molecule has 6 rings (SSSR count). The molecule has 0 radical (unpaired) electrons. The molecule has 10 heteroatoms. The van der Waals surface area contributed by atoms with Gasteiger partial charge in [-0.1, -0.05) is 65.0 Å². The number of benzene rings is 2. The molecule has 0 saturated carbocycles. The van der Waals surface area contributed by atoms with Crippen LogP contribution in [-0.4, -0.2) is 45.5 Å². The Bertz CT molecular complexity index is 1430. The van der Waals surface area contributed by atoms with Crippen molar-refractivity contribution in [2.24, 2.45) is 5.92 Å².